The largest absolute Gasteiger partial charge is 0.480 e. The number of hydrogen-bond acceptors (Lipinski definition) is 4. The zero-order valence-electron chi connectivity index (χ0n) is 12.6. The Morgan fingerprint density at radius 1 is 1.41 bits per heavy atom. The molecule has 0 spiro atoms. The maximum absolute atomic E-state index is 12.0. The summed E-state index contributed by atoms with van der Waals surface area (Å²) in [7, 11) is 0. The molecule has 22 heavy (non-hydrogen) atoms. The molecule has 0 bridgehead atoms. The summed E-state index contributed by atoms with van der Waals surface area (Å²) >= 11 is 0. The predicted octanol–water partition coefficient (Wildman–Crippen LogP) is 0.913. The molecule has 0 aliphatic carbocycles. The van der Waals surface area contributed by atoms with Crippen molar-refractivity contribution in [2.24, 2.45) is 0 Å². The quantitative estimate of drug-likeness (QED) is 0.697. The van der Waals surface area contributed by atoms with Gasteiger partial charge in [0.25, 0.3) is 0 Å². The number of carbonyl (C=O) groups excluding carboxylic acids is 1. The normalized spacial score (nSPS) is 20.3. The molecule has 0 aromatic heterocycles. The summed E-state index contributed by atoms with van der Waals surface area (Å²) in [6.07, 6.45) is 1.04. The Labute approximate surface area is 129 Å². The van der Waals surface area contributed by atoms with Gasteiger partial charge in [0.1, 0.15) is 0 Å². The number of hydrogen-bond donors (Lipinski definition) is 3. The fourth-order valence-electron chi connectivity index (χ4n) is 2.44. The molecule has 3 atom stereocenters. The van der Waals surface area contributed by atoms with Crippen LogP contribution >= 0.6 is 0 Å². The maximum atomic E-state index is 12.0. The molecular formula is C16H22N2O4. The molecule has 6 nitrogen and oxygen atoms in total. The number of amides is 1. The van der Waals surface area contributed by atoms with Crippen molar-refractivity contribution in [2.75, 3.05) is 6.54 Å². The van der Waals surface area contributed by atoms with Crippen molar-refractivity contribution >= 4 is 11.9 Å². The van der Waals surface area contributed by atoms with E-state index in [1.807, 2.05) is 30.3 Å². The van der Waals surface area contributed by atoms with Crippen LogP contribution in [0.25, 0.3) is 0 Å². The second-order valence-electron chi connectivity index (χ2n) is 5.48. The van der Waals surface area contributed by atoms with Gasteiger partial charge >= 0.3 is 5.97 Å². The Kier molecular flexibility index (Phi) is 5.91. The first kappa shape index (κ1) is 16.5. The van der Waals surface area contributed by atoms with E-state index in [9.17, 15) is 14.7 Å². The van der Waals surface area contributed by atoms with Crippen molar-refractivity contribution in [3.63, 3.8) is 0 Å². The van der Waals surface area contributed by atoms with E-state index < -0.39 is 18.1 Å². The zero-order chi connectivity index (χ0) is 15.9. The molecule has 1 aromatic carbocycles. The van der Waals surface area contributed by atoms with Crippen LogP contribution in [0.4, 0.5) is 0 Å². The van der Waals surface area contributed by atoms with E-state index in [1.165, 1.54) is 0 Å². The van der Waals surface area contributed by atoms with Crippen LogP contribution in [0.2, 0.25) is 0 Å². The van der Waals surface area contributed by atoms with Crippen molar-refractivity contribution in [3.8, 4) is 0 Å². The summed E-state index contributed by atoms with van der Waals surface area (Å²) < 4.78 is 5.60. The third-order valence-corrected chi connectivity index (χ3v) is 3.77. The molecule has 0 saturated carbocycles. The van der Waals surface area contributed by atoms with Crippen LogP contribution in [0, 0.1) is 0 Å². The van der Waals surface area contributed by atoms with Crippen LogP contribution in [0.3, 0.4) is 0 Å². The van der Waals surface area contributed by atoms with Gasteiger partial charge in [0.2, 0.25) is 5.91 Å². The topological polar surface area (TPSA) is 87.7 Å². The van der Waals surface area contributed by atoms with Gasteiger partial charge in [0.15, 0.2) is 6.04 Å². The lowest BCUT2D eigenvalue weighted by atomic mass is 10.1. The van der Waals surface area contributed by atoms with Gasteiger partial charge < -0.3 is 20.5 Å². The van der Waals surface area contributed by atoms with Crippen LogP contribution in [-0.4, -0.2) is 41.7 Å². The molecule has 0 radical (unpaired) electrons. The Hall–Kier alpha value is -1.92. The van der Waals surface area contributed by atoms with Crippen LogP contribution in [0.5, 0.6) is 0 Å². The van der Waals surface area contributed by atoms with E-state index in [0.717, 1.165) is 24.9 Å². The Morgan fingerprint density at radius 2 is 2.14 bits per heavy atom. The number of carbonyl (C=O) groups is 2. The van der Waals surface area contributed by atoms with Crippen LogP contribution in [0.15, 0.2) is 30.3 Å². The number of carboxylic acids is 1. The number of rotatable bonds is 7. The van der Waals surface area contributed by atoms with E-state index in [0.29, 0.717) is 6.61 Å². The SMILES string of the molecule is C[C@@H](OCc1ccccc1)[C@H](NC(=O)[C@@H]1CCCN1)C(=O)O. The van der Waals surface area contributed by atoms with Gasteiger partial charge in [-0.15, -0.1) is 0 Å². The summed E-state index contributed by atoms with van der Waals surface area (Å²) in [5.41, 5.74) is 0.960. The van der Waals surface area contributed by atoms with E-state index in [-0.39, 0.29) is 11.9 Å². The Bertz CT molecular complexity index is 500. The molecule has 1 amide bonds. The number of ether oxygens (including phenoxy) is 1. The average molecular weight is 306 g/mol. The molecule has 2 rings (SSSR count). The molecule has 1 aliphatic heterocycles. The molecule has 1 aromatic rings. The zero-order valence-corrected chi connectivity index (χ0v) is 12.6. The number of carboxylic acid groups (broad SMARTS) is 1. The molecule has 0 unspecified atom stereocenters. The predicted molar refractivity (Wildman–Crippen MR) is 81.3 cm³/mol. The highest BCUT2D eigenvalue weighted by molar-refractivity contribution is 5.87. The minimum absolute atomic E-state index is 0.278. The first-order valence-electron chi connectivity index (χ1n) is 7.50. The van der Waals surface area contributed by atoms with E-state index in [4.69, 9.17) is 4.74 Å². The standard InChI is InChI=1S/C16H22N2O4/c1-11(22-10-12-6-3-2-4-7-12)14(16(20)21)18-15(19)13-8-5-9-17-13/h2-4,6-7,11,13-14,17H,5,8-10H2,1H3,(H,18,19)(H,20,21)/t11-,13+,14+/m1/s1. The highest BCUT2D eigenvalue weighted by Crippen LogP contribution is 2.09. The molecule has 1 saturated heterocycles. The molecule has 1 heterocycles. The highest BCUT2D eigenvalue weighted by atomic mass is 16.5. The smallest absolute Gasteiger partial charge is 0.328 e. The summed E-state index contributed by atoms with van der Waals surface area (Å²) in [6.45, 7) is 2.75. The maximum Gasteiger partial charge on any atom is 0.328 e. The lowest BCUT2D eigenvalue weighted by Gasteiger charge is -2.23. The average Bonchev–Trinajstić information content (AvgIpc) is 3.05. The third kappa shape index (κ3) is 4.54. The van der Waals surface area contributed by atoms with Gasteiger partial charge in [-0.1, -0.05) is 30.3 Å². The van der Waals surface area contributed by atoms with Crippen LogP contribution in [0.1, 0.15) is 25.3 Å². The lowest BCUT2D eigenvalue weighted by molar-refractivity contribution is -0.146. The van der Waals surface area contributed by atoms with Gasteiger partial charge in [-0.25, -0.2) is 4.79 Å². The molecule has 120 valence electrons. The van der Waals surface area contributed by atoms with E-state index in [2.05, 4.69) is 10.6 Å². The van der Waals surface area contributed by atoms with E-state index in [1.54, 1.807) is 6.92 Å². The number of benzene rings is 1. The second-order valence-corrected chi connectivity index (χ2v) is 5.48. The van der Waals surface area contributed by atoms with Crippen molar-refractivity contribution in [1.82, 2.24) is 10.6 Å². The molecule has 1 fully saturated rings. The van der Waals surface area contributed by atoms with Crippen molar-refractivity contribution in [3.05, 3.63) is 35.9 Å². The summed E-state index contributed by atoms with van der Waals surface area (Å²) in [6, 6.07) is 8.15. The first-order valence-corrected chi connectivity index (χ1v) is 7.50. The van der Waals surface area contributed by atoms with Gasteiger partial charge in [-0.2, -0.15) is 0 Å². The fraction of sp³-hybridized carbons (Fsp3) is 0.500. The van der Waals surface area contributed by atoms with Crippen molar-refractivity contribution in [1.29, 1.82) is 0 Å². The minimum Gasteiger partial charge on any atom is -0.480 e. The monoisotopic (exact) mass is 306 g/mol. The van der Waals surface area contributed by atoms with Crippen LogP contribution < -0.4 is 10.6 Å². The van der Waals surface area contributed by atoms with Gasteiger partial charge in [-0.3, -0.25) is 4.79 Å². The van der Waals surface area contributed by atoms with E-state index >= 15 is 0 Å². The fourth-order valence-corrected chi connectivity index (χ4v) is 2.44. The van der Waals surface area contributed by atoms with Crippen molar-refractivity contribution < 1.29 is 19.4 Å². The lowest BCUT2D eigenvalue weighted by Crippen LogP contribution is -2.53. The summed E-state index contributed by atoms with van der Waals surface area (Å²) in [5.74, 6) is -1.37. The molecule has 6 heteroatoms. The van der Waals surface area contributed by atoms with Gasteiger partial charge in [-0.05, 0) is 31.9 Å². The highest BCUT2D eigenvalue weighted by Gasteiger charge is 2.31. The Morgan fingerprint density at radius 3 is 2.73 bits per heavy atom. The molecule has 3 N–H and O–H groups in total. The molecule has 1 aliphatic rings. The first-order chi connectivity index (χ1) is 10.6. The second kappa shape index (κ2) is 7.91. The number of nitrogens with one attached hydrogen (secondary N) is 2. The third-order valence-electron chi connectivity index (χ3n) is 3.77. The molecular weight excluding hydrogens is 284 g/mol. The van der Waals surface area contributed by atoms with Crippen LogP contribution in [-0.2, 0) is 20.9 Å². The van der Waals surface area contributed by atoms with Gasteiger partial charge in [0.05, 0.1) is 18.8 Å². The Balaban J connectivity index is 1.89. The number of aliphatic carboxylic acids is 1. The minimum atomic E-state index is -1.09. The van der Waals surface area contributed by atoms with Gasteiger partial charge in [0, 0.05) is 0 Å². The van der Waals surface area contributed by atoms with Crippen molar-refractivity contribution in [2.45, 2.75) is 44.6 Å². The summed E-state index contributed by atoms with van der Waals surface area (Å²) in [4.78, 5) is 23.4. The summed E-state index contributed by atoms with van der Waals surface area (Å²) in [5, 5.41) is 14.9.